The highest BCUT2D eigenvalue weighted by atomic mass is 16.5. The van der Waals surface area contributed by atoms with E-state index in [9.17, 15) is 10.2 Å². The molecule has 4 N–H and O–H groups in total. The van der Waals surface area contributed by atoms with Gasteiger partial charge < -0.3 is 30.3 Å². The number of hydrogen-bond donors (Lipinski definition) is 4. The topological polar surface area (TPSA) is 109 Å². The first kappa shape index (κ1) is 23.6. The smallest absolute Gasteiger partial charge is 0.169 e. The van der Waals surface area contributed by atoms with Gasteiger partial charge in [0.2, 0.25) is 0 Å². The maximum Gasteiger partial charge on any atom is 0.169 e. The molecule has 0 bridgehead atoms. The van der Waals surface area contributed by atoms with E-state index in [0.29, 0.717) is 43.4 Å². The van der Waals surface area contributed by atoms with Gasteiger partial charge in [-0.25, -0.2) is 0 Å². The largest absolute Gasteiger partial charge is 0.487 e. The molecule has 2 unspecified atom stereocenters. The second-order valence-corrected chi connectivity index (χ2v) is 7.43. The SMILES string of the molecule is CC(O)CNCc1cc(Oc2ccccc2OCC(O)CNCc2ccccn2)ccn1. The molecule has 0 aliphatic rings. The molecule has 170 valence electrons. The zero-order valence-corrected chi connectivity index (χ0v) is 18.1. The monoisotopic (exact) mass is 438 g/mol. The molecule has 1 aromatic carbocycles. The number of benzene rings is 1. The zero-order chi connectivity index (χ0) is 22.6. The first-order chi connectivity index (χ1) is 15.6. The number of pyridine rings is 2. The molecule has 0 spiro atoms. The van der Waals surface area contributed by atoms with Crippen molar-refractivity contribution in [2.24, 2.45) is 0 Å². The number of aromatic nitrogens is 2. The highest BCUT2D eigenvalue weighted by Gasteiger charge is 2.10. The third-order valence-corrected chi connectivity index (χ3v) is 4.45. The molecule has 2 atom stereocenters. The van der Waals surface area contributed by atoms with Crippen molar-refractivity contribution < 1.29 is 19.7 Å². The van der Waals surface area contributed by atoms with Gasteiger partial charge in [-0.3, -0.25) is 9.97 Å². The van der Waals surface area contributed by atoms with Gasteiger partial charge in [0.05, 0.1) is 17.5 Å². The van der Waals surface area contributed by atoms with Gasteiger partial charge in [0.1, 0.15) is 18.5 Å². The van der Waals surface area contributed by atoms with Crippen LogP contribution in [0.5, 0.6) is 17.2 Å². The van der Waals surface area contributed by atoms with Crippen molar-refractivity contribution >= 4 is 0 Å². The maximum absolute atomic E-state index is 10.2. The average Bonchev–Trinajstić information content (AvgIpc) is 2.79. The summed E-state index contributed by atoms with van der Waals surface area (Å²) in [4.78, 5) is 8.55. The van der Waals surface area contributed by atoms with Crippen molar-refractivity contribution in [3.05, 3.63) is 78.4 Å². The molecule has 0 saturated heterocycles. The van der Waals surface area contributed by atoms with Crippen LogP contribution in [0.2, 0.25) is 0 Å². The van der Waals surface area contributed by atoms with Crippen LogP contribution in [-0.2, 0) is 13.1 Å². The number of ether oxygens (including phenoxy) is 2. The van der Waals surface area contributed by atoms with Crippen molar-refractivity contribution in [3.63, 3.8) is 0 Å². The summed E-state index contributed by atoms with van der Waals surface area (Å²) >= 11 is 0. The minimum Gasteiger partial charge on any atom is -0.487 e. The number of hydrogen-bond acceptors (Lipinski definition) is 8. The molecular formula is C24H30N4O4. The summed E-state index contributed by atoms with van der Waals surface area (Å²) < 4.78 is 11.8. The minimum absolute atomic E-state index is 0.125. The molecule has 8 heteroatoms. The number of rotatable bonds is 13. The lowest BCUT2D eigenvalue weighted by molar-refractivity contribution is 0.105. The average molecular weight is 439 g/mol. The molecule has 0 amide bonds. The maximum atomic E-state index is 10.2. The van der Waals surface area contributed by atoms with Gasteiger partial charge >= 0.3 is 0 Å². The molecule has 0 aliphatic carbocycles. The van der Waals surface area contributed by atoms with E-state index in [1.807, 2.05) is 42.5 Å². The normalized spacial score (nSPS) is 12.8. The van der Waals surface area contributed by atoms with E-state index in [-0.39, 0.29) is 6.61 Å². The van der Waals surface area contributed by atoms with Crippen molar-refractivity contribution in [3.8, 4) is 17.2 Å². The summed E-state index contributed by atoms with van der Waals surface area (Å²) in [6.07, 6.45) is 2.32. The summed E-state index contributed by atoms with van der Waals surface area (Å²) in [6.45, 7) is 3.83. The fourth-order valence-electron chi connectivity index (χ4n) is 2.92. The lowest BCUT2D eigenvalue weighted by Crippen LogP contribution is -2.31. The Morgan fingerprint density at radius 2 is 1.56 bits per heavy atom. The highest BCUT2D eigenvalue weighted by molar-refractivity contribution is 5.42. The van der Waals surface area contributed by atoms with E-state index in [4.69, 9.17) is 9.47 Å². The predicted molar refractivity (Wildman–Crippen MR) is 122 cm³/mol. The van der Waals surface area contributed by atoms with Gasteiger partial charge in [-0.1, -0.05) is 18.2 Å². The van der Waals surface area contributed by atoms with Gasteiger partial charge in [-0.05, 0) is 37.3 Å². The van der Waals surface area contributed by atoms with Crippen LogP contribution in [0.25, 0.3) is 0 Å². The lowest BCUT2D eigenvalue weighted by atomic mass is 10.3. The Morgan fingerprint density at radius 3 is 2.34 bits per heavy atom. The second-order valence-electron chi connectivity index (χ2n) is 7.43. The molecule has 0 saturated carbocycles. The molecule has 3 rings (SSSR count). The predicted octanol–water partition coefficient (Wildman–Crippen LogP) is 2.27. The molecule has 0 fully saturated rings. The van der Waals surface area contributed by atoms with Crippen molar-refractivity contribution in [2.75, 3.05) is 19.7 Å². The molecule has 0 aliphatic heterocycles. The minimum atomic E-state index is -0.681. The number of nitrogens with zero attached hydrogens (tertiary/aromatic N) is 2. The van der Waals surface area contributed by atoms with Gasteiger partial charge in [0.25, 0.3) is 0 Å². The quantitative estimate of drug-likeness (QED) is 0.322. The third-order valence-electron chi connectivity index (χ3n) is 4.45. The summed E-state index contributed by atoms with van der Waals surface area (Å²) in [7, 11) is 0. The molecule has 3 aromatic rings. The molecule has 8 nitrogen and oxygen atoms in total. The Balaban J connectivity index is 1.50. The summed E-state index contributed by atoms with van der Waals surface area (Å²) in [5, 5.41) is 25.9. The summed E-state index contributed by atoms with van der Waals surface area (Å²) in [5.41, 5.74) is 1.72. The molecular weight excluding hydrogens is 408 g/mol. The van der Waals surface area contributed by atoms with E-state index < -0.39 is 12.2 Å². The van der Waals surface area contributed by atoms with Crippen LogP contribution >= 0.6 is 0 Å². The summed E-state index contributed by atoms with van der Waals surface area (Å²) in [6, 6.07) is 16.7. The number of nitrogens with one attached hydrogen (secondary N) is 2. The molecule has 2 heterocycles. The Morgan fingerprint density at radius 1 is 0.844 bits per heavy atom. The number of aliphatic hydroxyl groups is 2. The first-order valence-corrected chi connectivity index (χ1v) is 10.6. The third kappa shape index (κ3) is 8.24. The fraction of sp³-hybridized carbons (Fsp3) is 0.333. The summed E-state index contributed by atoms with van der Waals surface area (Å²) in [5.74, 6) is 1.72. The Hall–Kier alpha value is -3.04. The molecule has 0 radical (unpaired) electrons. The molecule has 2 aromatic heterocycles. The Bertz CT molecular complexity index is 940. The van der Waals surface area contributed by atoms with Crippen LogP contribution in [0.3, 0.4) is 0 Å². The van der Waals surface area contributed by atoms with E-state index in [1.165, 1.54) is 0 Å². The first-order valence-electron chi connectivity index (χ1n) is 10.6. The van der Waals surface area contributed by atoms with Crippen LogP contribution in [0, 0.1) is 0 Å². The van der Waals surface area contributed by atoms with Gasteiger partial charge in [0.15, 0.2) is 11.5 Å². The van der Waals surface area contributed by atoms with Crippen molar-refractivity contribution in [1.29, 1.82) is 0 Å². The van der Waals surface area contributed by atoms with E-state index in [1.54, 1.807) is 31.5 Å². The van der Waals surface area contributed by atoms with Gasteiger partial charge in [0, 0.05) is 44.6 Å². The van der Waals surface area contributed by atoms with Crippen LogP contribution in [0.1, 0.15) is 18.3 Å². The van der Waals surface area contributed by atoms with E-state index in [2.05, 4.69) is 20.6 Å². The Labute approximate surface area is 188 Å². The van der Waals surface area contributed by atoms with E-state index in [0.717, 1.165) is 11.4 Å². The highest BCUT2D eigenvalue weighted by Crippen LogP contribution is 2.31. The Kier molecular flexibility index (Phi) is 9.39. The zero-order valence-electron chi connectivity index (χ0n) is 18.1. The van der Waals surface area contributed by atoms with Crippen LogP contribution in [0.15, 0.2) is 67.0 Å². The van der Waals surface area contributed by atoms with Crippen molar-refractivity contribution in [2.45, 2.75) is 32.2 Å². The fourth-order valence-corrected chi connectivity index (χ4v) is 2.92. The number of para-hydroxylation sites is 2. The standard InChI is InChI=1S/C24H30N4O4/c1-18(29)13-25-15-20-12-22(9-11-28-20)32-24-8-3-2-7-23(24)31-17-21(30)16-26-14-19-6-4-5-10-27-19/h2-12,18,21,25-26,29-30H,13-17H2,1H3. The van der Waals surface area contributed by atoms with Crippen LogP contribution < -0.4 is 20.1 Å². The van der Waals surface area contributed by atoms with Crippen LogP contribution in [0.4, 0.5) is 0 Å². The number of aliphatic hydroxyl groups excluding tert-OH is 2. The van der Waals surface area contributed by atoms with Crippen LogP contribution in [-0.4, -0.2) is 52.1 Å². The van der Waals surface area contributed by atoms with Gasteiger partial charge in [-0.15, -0.1) is 0 Å². The van der Waals surface area contributed by atoms with Gasteiger partial charge in [-0.2, -0.15) is 0 Å². The van der Waals surface area contributed by atoms with E-state index >= 15 is 0 Å². The lowest BCUT2D eigenvalue weighted by Gasteiger charge is -2.16. The van der Waals surface area contributed by atoms with Crippen molar-refractivity contribution in [1.82, 2.24) is 20.6 Å². The second kappa shape index (κ2) is 12.7. The molecule has 32 heavy (non-hydrogen) atoms.